The monoisotopic (exact) mass is 386 g/mol. The van der Waals surface area contributed by atoms with E-state index in [0.29, 0.717) is 24.5 Å². The number of benzene rings is 2. The Hall–Kier alpha value is -3.51. The first-order valence-corrected chi connectivity index (χ1v) is 9.55. The van der Waals surface area contributed by atoms with E-state index in [1.807, 2.05) is 66.7 Å². The van der Waals surface area contributed by atoms with Crippen LogP contribution in [0.4, 0.5) is 0 Å². The summed E-state index contributed by atoms with van der Waals surface area (Å²) in [6.45, 7) is 1.13. The highest BCUT2D eigenvalue weighted by molar-refractivity contribution is 5.94. The Bertz CT molecular complexity index is 1110. The van der Waals surface area contributed by atoms with Crippen LogP contribution in [-0.4, -0.2) is 40.8 Å². The lowest BCUT2D eigenvalue weighted by Crippen LogP contribution is -2.27. The minimum absolute atomic E-state index is 0.187. The molecule has 1 amide bonds. The van der Waals surface area contributed by atoms with E-state index < -0.39 is 0 Å². The number of ether oxygens (including phenoxy) is 1. The number of carbonyl (C=O) groups excluding carboxylic acids is 1. The Morgan fingerprint density at radius 1 is 0.966 bits per heavy atom. The molecule has 4 aromatic rings. The molecule has 0 fully saturated rings. The van der Waals surface area contributed by atoms with Gasteiger partial charge in [0, 0.05) is 37.5 Å². The van der Waals surface area contributed by atoms with Gasteiger partial charge in [-0.1, -0.05) is 60.7 Å². The average molecular weight is 386 g/mol. The van der Waals surface area contributed by atoms with Crippen LogP contribution in [0.1, 0.15) is 16.9 Å². The number of rotatable bonds is 7. The SMILES string of the molecule is COCCCNC(=O)c1cc(-c2ccccc2)nc2cc(-c3ccccc3)nn12. The van der Waals surface area contributed by atoms with E-state index in [1.54, 1.807) is 17.7 Å². The Balaban J connectivity index is 1.77. The normalized spacial score (nSPS) is 10.9. The van der Waals surface area contributed by atoms with Crippen LogP contribution in [0, 0.1) is 0 Å². The summed E-state index contributed by atoms with van der Waals surface area (Å²) in [4.78, 5) is 17.7. The van der Waals surface area contributed by atoms with Crippen molar-refractivity contribution in [1.29, 1.82) is 0 Å². The third-order valence-corrected chi connectivity index (χ3v) is 4.61. The molecule has 4 rings (SSSR count). The number of amides is 1. The first-order valence-electron chi connectivity index (χ1n) is 9.55. The second-order valence-corrected chi connectivity index (χ2v) is 6.66. The summed E-state index contributed by atoms with van der Waals surface area (Å²) in [7, 11) is 1.65. The van der Waals surface area contributed by atoms with Crippen molar-refractivity contribution in [1.82, 2.24) is 19.9 Å². The average Bonchev–Trinajstić information content (AvgIpc) is 3.21. The van der Waals surface area contributed by atoms with E-state index in [4.69, 9.17) is 9.72 Å². The standard InChI is InChI=1S/C23H22N4O2/c1-29-14-8-13-24-23(28)21-15-19(17-9-4-2-5-10-17)25-22-16-20(26-27(21)22)18-11-6-3-7-12-18/h2-7,9-12,15-16H,8,13-14H2,1H3,(H,24,28). The molecule has 29 heavy (non-hydrogen) atoms. The summed E-state index contributed by atoms with van der Waals surface area (Å²) >= 11 is 0. The molecule has 2 aromatic heterocycles. The largest absolute Gasteiger partial charge is 0.385 e. The fraction of sp³-hybridized carbons (Fsp3) is 0.174. The van der Waals surface area contributed by atoms with Crippen molar-refractivity contribution >= 4 is 11.6 Å². The first-order chi connectivity index (χ1) is 14.3. The van der Waals surface area contributed by atoms with Gasteiger partial charge in [-0.15, -0.1) is 0 Å². The van der Waals surface area contributed by atoms with Crippen LogP contribution < -0.4 is 5.32 Å². The van der Waals surface area contributed by atoms with Gasteiger partial charge in [-0.2, -0.15) is 5.10 Å². The second-order valence-electron chi connectivity index (χ2n) is 6.66. The van der Waals surface area contributed by atoms with Crippen molar-refractivity contribution in [2.24, 2.45) is 0 Å². The van der Waals surface area contributed by atoms with Gasteiger partial charge >= 0.3 is 0 Å². The van der Waals surface area contributed by atoms with Gasteiger partial charge in [0.05, 0.1) is 11.4 Å². The molecule has 6 nitrogen and oxygen atoms in total. The van der Waals surface area contributed by atoms with Crippen LogP contribution in [0.15, 0.2) is 72.8 Å². The van der Waals surface area contributed by atoms with Gasteiger partial charge in [-0.25, -0.2) is 9.50 Å². The second kappa shape index (κ2) is 8.67. The molecule has 0 atom stereocenters. The van der Waals surface area contributed by atoms with Crippen LogP contribution in [0.25, 0.3) is 28.2 Å². The smallest absolute Gasteiger partial charge is 0.270 e. The molecule has 0 spiro atoms. The summed E-state index contributed by atoms with van der Waals surface area (Å²) in [5, 5.41) is 7.60. The topological polar surface area (TPSA) is 68.5 Å². The highest BCUT2D eigenvalue weighted by Crippen LogP contribution is 2.23. The third kappa shape index (κ3) is 4.17. The fourth-order valence-corrected chi connectivity index (χ4v) is 3.15. The summed E-state index contributed by atoms with van der Waals surface area (Å²) in [6.07, 6.45) is 0.746. The van der Waals surface area contributed by atoms with Crippen LogP contribution >= 0.6 is 0 Å². The minimum Gasteiger partial charge on any atom is -0.385 e. The summed E-state index contributed by atoms with van der Waals surface area (Å²) in [6, 6.07) is 23.4. The van der Waals surface area contributed by atoms with Crippen LogP contribution in [0.3, 0.4) is 0 Å². The number of fused-ring (bicyclic) bond motifs is 1. The van der Waals surface area contributed by atoms with Gasteiger partial charge in [-0.05, 0) is 12.5 Å². The molecule has 0 aliphatic carbocycles. The summed E-state index contributed by atoms with van der Waals surface area (Å²) in [5.41, 5.74) is 4.52. The van der Waals surface area contributed by atoms with Gasteiger partial charge in [0.1, 0.15) is 5.69 Å². The number of hydrogen-bond acceptors (Lipinski definition) is 4. The molecule has 0 bridgehead atoms. The summed E-state index contributed by atoms with van der Waals surface area (Å²) in [5.74, 6) is -0.187. The van der Waals surface area contributed by atoms with Crippen molar-refractivity contribution in [3.8, 4) is 22.5 Å². The number of nitrogens with one attached hydrogen (secondary N) is 1. The predicted molar refractivity (Wildman–Crippen MR) is 113 cm³/mol. The number of nitrogens with zero attached hydrogens (tertiary/aromatic N) is 3. The molecule has 2 heterocycles. The fourth-order valence-electron chi connectivity index (χ4n) is 3.15. The van der Waals surface area contributed by atoms with Crippen molar-refractivity contribution < 1.29 is 9.53 Å². The number of hydrogen-bond donors (Lipinski definition) is 1. The van der Waals surface area contributed by atoms with E-state index in [2.05, 4.69) is 10.4 Å². The lowest BCUT2D eigenvalue weighted by Gasteiger charge is -2.09. The van der Waals surface area contributed by atoms with E-state index in [0.717, 1.165) is 28.9 Å². The zero-order chi connectivity index (χ0) is 20.1. The molecular formula is C23H22N4O2. The Labute approximate surface area is 169 Å². The Kier molecular flexibility index (Phi) is 5.63. The number of methoxy groups -OCH3 is 1. The van der Waals surface area contributed by atoms with Gasteiger partial charge in [-0.3, -0.25) is 4.79 Å². The lowest BCUT2D eigenvalue weighted by molar-refractivity contribution is 0.0941. The molecule has 2 aromatic carbocycles. The number of aromatic nitrogens is 3. The van der Waals surface area contributed by atoms with Gasteiger partial charge in [0.2, 0.25) is 0 Å². The quantitative estimate of drug-likeness (QED) is 0.490. The van der Waals surface area contributed by atoms with E-state index in [1.165, 1.54) is 0 Å². The molecule has 146 valence electrons. The van der Waals surface area contributed by atoms with E-state index in [9.17, 15) is 4.79 Å². The van der Waals surface area contributed by atoms with Gasteiger partial charge < -0.3 is 10.1 Å². The maximum absolute atomic E-state index is 12.9. The van der Waals surface area contributed by atoms with Crippen LogP contribution in [-0.2, 0) is 4.74 Å². The first kappa shape index (κ1) is 18.8. The molecule has 0 unspecified atom stereocenters. The molecule has 0 saturated carbocycles. The molecule has 0 aliphatic heterocycles. The molecule has 1 N–H and O–H groups in total. The highest BCUT2D eigenvalue weighted by atomic mass is 16.5. The predicted octanol–water partition coefficient (Wildman–Crippen LogP) is 3.83. The lowest BCUT2D eigenvalue weighted by atomic mass is 10.1. The maximum atomic E-state index is 12.9. The van der Waals surface area contributed by atoms with Crippen LogP contribution in [0.5, 0.6) is 0 Å². The Morgan fingerprint density at radius 2 is 1.62 bits per heavy atom. The van der Waals surface area contributed by atoms with Gasteiger partial charge in [0.25, 0.3) is 5.91 Å². The van der Waals surface area contributed by atoms with Gasteiger partial charge in [0.15, 0.2) is 5.65 Å². The van der Waals surface area contributed by atoms with Crippen LogP contribution in [0.2, 0.25) is 0 Å². The molecule has 0 aliphatic rings. The molecule has 6 heteroatoms. The molecule has 0 radical (unpaired) electrons. The number of carbonyl (C=O) groups is 1. The van der Waals surface area contributed by atoms with E-state index in [-0.39, 0.29) is 5.91 Å². The maximum Gasteiger partial charge on any atom is 0.270 e. The van der Waals surface area contributed by atoms with E-state index >= 15 is 0 Å². The molecular weight excluding hydrogens is 364 g/mol. The Morgan fingerprint density at radius 3 is 2.28 bits per heavy atom. The zero-order valence-corrected chi connectivity index (χ0v) is 16.2. The minimum atomic E-state index is -0.187. The van der Waals surface area contributed by atoms with Crippen molar-refractivity contribution in [2.45, 2.75) is 6.42 Å². The van der Waals surface area contributed by atoms with Crippen molar-refractivity contribution in [3.05, 3.63) is 78.5 Å². The zero-order valence-electron chi connectivity index (χ0n) is 16.2. The van der Waals surface area contributed by atoms with Crippen molar-refractivity contribution in [3.63, 3.8) is 0 Å². The third-order valence-electron chi connectivity index (χ3n) is 4.61. The highest BCUT2D eigenvalue weighted by Gasteiger charge is 2.17. The molecule has 0 saturated heterocycles. The summed E-state index contributed by atoms with van der Waals surface area (Å²) < 4.78 is 6.66. The van der Waals surface area contributed by atoms with Crippen molar-refractivity contribution in [2.75, 3.05) is 20.3 Å².